The zero-order valence-electron chi connectivity index (χ0n) is 12.5. The minimum absolute atomic E-state index is 0.0955. The Hall–Kier alpha value is -3.03. The number of aromatic nitrogens is 4. The topological polar surface area (TPSA) is 78.6 Å². The Balaban J connectivity index is 1.73. The number of fused-ring (bicyclic) bond motifs is 1. The minimum Gasteiger partial charge on any atom is -0.494 e. The molecule has 3 aromatic rings. The Morgan fingerprint density at radius 3 is 2.87 bits per heavy atom. The molecule has 3 rings (SSSR count). The van der Waals surface area contributed by atoms with E-state index in [-0.39, 0.29) is 18.2 Å². The molecular weight excluding hydrogens is 303 g/mol. The van der Waals surface area contributed by atoms with Crippen molar-refractivity contribution in [3.05, 3.63) is 53.4 Å². The molecule has 0 fully saturated rings. The normalized spacial score (nSPS) is 10.7. The van der Waals surface area contributed by atoms with Crippen molar-refractivity contribution in [1.82, 2.24) is 19.6 Å². The number of carbonyl (C=O) groups excluding carboxylic acids is 1. The fourth-order valence-electron chi connectivity index (χ4n) is 2.01. The molecule has 0 atom stereocenters. The summed E-state index contributed by atoms with van der Waals surface area (Å²) < 4.78 is 25.0. The molecule has 0 aliphatic heterocycles. The quantitative estimate of drug-likeness (QED) is 0.684. The van der Waals surface area contributed by atoms with E-state index in [2.05, 4.69) is 15.1 Å². The summed E-state index contributed by atoms with van der Waals surface area (Å²) in [7, 11) is 1.38. The first kappa shape index (κ1) is 14.9. The first-order valence-corrected chi connectivity index (χ1v) is 6.76. The van der Waals surface area contributed by atoms with E-state index in [1.807, 2.05) is 6.92 Å². The smallest absolute Gasteiger partial charge is 0.378 e. The lowest BCUT2D eigenvalue weighted by atomic mass is 10.2. The average molecular weight is 316 g/mol. The largest absolute Gasteiger partial charge is 0.494 e. The van der Waals surface area contributed by atoms with Gasteiger partial charge in [0.1, 0.15) is 6.61 Å². The molecule has 118 valence electrons. The van der Waals surface area contributed by atoms with Gasteiger partial charge in [0.15, 0.2) is 11.6 Å². The van der Waals surface area contributed by atoms with E-state index in [1.54, 1.807) is 18.3 Å². The monoisotopic (exact) mass is 316 g/mol. The molecule has 0 spiro atoms. The predicted molar refractivity (Wildman–Crippen MR) is 77.6 cm³/mol. The maximum absolute atomic E-state index is 13.6. The second kappa shape index (κ2) is 5.99. The van der Waals surface area contributed by atoms with Crippen molar-refractivity contribution < 1.29 is 18.7 Å². The highest BCUT2D eigenvalue weighted by atomic mass is 19.1. The Labute approximate surface area is 130 Å². The number of nitrogens with zero attached hydrogens (tertiary/aromatic N) is 4. The highest BCUT2D eigenvalue weighted by Crippen LogP contribution is 2.18. The Kier molecular flexibility index (Phi) is 3.88. The number of hydrogen-bond acceptors (Lipinski definition) is 6. The lowest BCUT2D eigenvalue weighted by Gasteiger charge is -2.05. The molecule has 0 saturated carbocycles. The summed E-state index contributed by atoms with van der Waals surface area (Å²) in [4.78, 5) is 20.0. The van der Waals surface area contributed by atoms with Crippen LogP contribution in [0.2, 0.25) is 0 Å². The molecular formula is C15H13FN4O3. The zero-order chi connectivity index (χ0) is 16.4. The molecule has 0 saturated heterocycles. The number of methoxy groups -OCH3 is 1. The van der Waals surface area contributed by atoms with Crippen LogP contribution in [-0.2, 0) is 11.3 Å². The van der Waals surface area contributed by atoms with Crippen molar-refractivity contribution in [3.63, 3.8) is 0 Å². The van der Waals surface area contributed by atoms with Gasteiger partial charge in [-0.25, -0.2) is 18.7 Å². The molecule has 2 heterocycles. The van der Waals surface area contributed by atoms with E-state index in [4.69, 9.17) is 9.47 Å². The number of benzene rings is 1. The number of aryl methyl sites for hydroxylation is 1. The lowest BCUT2D eigenvalue weighted by molar-refractivity contribution is 0.0458. The molecule has 0 amide bonds. The average Bonchev–Trinajstić information content (AvgIpc) is 2.98. The van der Waals surface area contributed by atoms with Gasteiger partial charge < -0.3 is 9.47 Å². The van der Waals surface area contributed by atoms with Crippen LogP contribution in [0.3, 0.4) is 0 Å². The van der Waals surface area contributed by atoms with Crippen molar-refractivity contribution in [3.8, 4) is 5.75 Å². The second-order valence-electron chi connectivity index (χ2n) is 4.78. The van der Waals surface area contributed by atoms with Crippen LogP contribution in [0.5, 0.6) is 5.75 Å². The molecule has 8 heteroatoms. The van der Waals surface area contributed by atoms with E-state index in [0.29, 0.717) is 11.3 Å². The summed E-state index contributed by atoms with van der Waals surface area (Å²) in [6.07, 6.45) is 1.58. The van der Waals surface area contributed by atoms with Gasteiger partial charge in [0.25, 0.3) is 11.6 Å². The molecule has 7 nitrogen and oxygen atoms in total. The standard InChI is InChI=1S/C15H13FN4O3/c1-9-5-6-17-15-18-13(19-20(9)15)14(21)23-8-10-3-4-12(22-2)11(16)7-10/h3-7H,8H2,1-2H3. The van der Waals surface area contributed by atoms with Crippen molar-refractivity contribution >= 4 is 11.7 Å². The Bertz CT molecular complexity index is 878. The summed E-state index contributed by atoms with van der Waals surface area (Å²) in [6.45, 7) is 1.72. The maximum atomic E-state index is 13.6. The Morgan fingerprint density at radius 2 is 2.17 bits per heavy atom. The van der Waals surface area contributed by atoms with Crippen LogP contribution < -0.4 is 4.74 Å². The number of carbonyl (C=O) groups is 1. The van der Waals surface area contributed by atoms with E-state index in [9.17, 15) is 9.18 Å². The van der Waals surface area contributed by atoms with Crippen LogP contribution in [0.25, 0.3) is 5.78 Å². The van der Waals surface area contributed by atoms with Crippen molar-refractivity contribution in [2.45, 2.75) is 13.5 Å². The molecule has 0 aliphatic rings. The molecule has 0 radical (unpaired) electrons. The molecule has 0 N–H and O–H groups in total. The predicted octanol–water partition coefficient (Wildman–Crippen LogP) is 1.94. The summed E-state index contributed by atoms with van der Waals surface area (Å²) in [5.74, 6) is -0.880. The second-order valence-corrected chi connectivity index (χ2v) is 4.78. The van der Waals surface area contributed by atoms with E-state index >= 15 is 0 Å². The Morgan fingerprint density at radius 1 is 1.35 bits per heavy atom. The molecule has 0 aliphatic carbocycles. The summed E-state index contributed by atoms with van der Waals surface area (Å²) in [5.41, 5.74) is 1.29. The summed E-state index contributed by atoms with van der Waals surface area (Å²) in [5, 5.41) is 4.04. The van der Waals surface area contributed by atoms with Crippen LogP contribution in [0, 0.1) is 12.7 Å². The number of ether oxygens (including phenoxy) is 2. The lowest BCUT2D eigenvalue weighted by Crippen LogP contribution is -2.08. The van der Waals surface area contributed by atoms with Gasteiger partial charge in [0, 0.05) is 11.9 Å². The van der Waals surface area contributed by atoms with Crippen molar-refractivity contribution in [2.75, 3.05) is 7.11 Å². The fraction of sp³-hybridized carbons (Fsp3) is 0.200. The fourth-order valence-corrected chi connectivity index (χ4v) is 2.01. The number of rotatable bonds is 4. The zero-order valence-corrected chi connectivity index (χ0v) is 12.5. The summed E-state index contributed by atoms with van der Waals surface area (Å²) in [6, 6.07) is 6.07. The van der Waals surface area contributed by atoms with Crippen molar-refractivity contribution in [2.24, 2.45) is 0 Å². The van der Waals surface area contributed by atoms with Crippen LogP contribution >= 0.6 is 0 Å². The van der Waals surface area contributed by atoms with Gasteiger partial charge in [-0.1, -0.05) is 6.07 Å². The van der Waals surface area contributed by atoms with E-state index in [1.165, 1.54) is 23.8 Å². The molecule has 0 bridgehead atoms. The van der Waals surface area contributed by atoms with Crippen LogP contribution in [-0.4, -0.2) is 32.7 Å². The molecule has 23 heavy (non-hydrogen) atoms. The molecule has 0 unspecified atom stereocenters. The molecule has 2 aromatic heterocycles. The SMILES string of the molecule is COc1ccc(COC(=O)c2nc3nccc(C)n3n2)cc1F. The highest BCUT2D eigenvalue weighted by molar-refractivity contribution is 5.85. The van der Waals surface area contributed by atoms with Crippen LogP contribution in [0.1, 0.15) is 21.9 Å². The van der Waals surface area contributed by atoms with Crippen LogP contribution in [0.4, 0.5) is 4.39 Å². The van der Waals surface area contributed by atoms with E-state index in [0.717, 1.165) is 5.69 Å². The van der Waals surface area contributed by atoms with Crippen molar-refractivity contribution in [1.29, 1.82) is 0 Å². The first-order chi connectivity index (χ1) is 11.1. The van der Waals surface area contributed by atoms with Gasteiger partial charge in [-0.15, -0.1) is 5.10 Å². The number of halogens is 1. The van der Waals surface area contributed by atoms with Gasteiger partial charge in [0.2, 0.25) is 0 Å². The first-order valence-electron chi connectivity index (χ1n) is 6.76. The van der Waals surface area contributed by atoms with Crippen LogP contribution in [0.15, 0.2) is 30.5 Å². The van der Waals surface area contributed by atoms with Gasteiger partial charge >= 0.3 is 5.97 Å². The minimum atomic E-state index is -0.703. The number of hydrogen-bond donors (Lipinski definition) is 0. The molecule has 1 aromatic carbocycles. The van der Waals surface area contributed by atoms with Gasteiger partial charge in [-0.05, 0) is 30.7 Å². The van der Waals surface area contributed by atoms with Gasteiger partial charge in [0.05, 0.1) is 7.11 Å². The maximum Gasteiger partial charge on any atom is 0.378 e. The third-order valence-corrected chi connectivity index (χ3v) is 3.20. The van der Waals surface area contributed by atoms with E-state index < -0.39 is 11.8 Å². The highest BCUT2D eigenvalue weighted by Gasteiger charge is 2.16. The summed E-state index contributed by atoms with van der Waals surface area (Å²) >= 11 is 0. The number of esters is 1. The third kappa shape index (κ3) is 2.96. The van der Waals surface area contributed by atoms with Gasteiger partial charge in [-0.3, -0.25) is 0 Å². The third-order valence-electron chi connectivity index (χ3n) is 3.20. The van der Waals surface area contributed by atoms with Gasteiger partial charge in [-0.2, -0.15) is 4.98 Å².